The molecule has 4 nitrogen and oxygen atoms in total. The number of hydrogen-bond acceptors (Lipinski definition) is 3. The molecule has 1 unspecified atom stereocenters. The molecule has 0 aromatic carbocycles. The van der Waals surface area contributed by atoms with Crippen LogP contribution in [0.2, 0.25) is 0 Å². The Bertz CT molecular complexity index is 159. The second-order valence-electron chi connectivity index (χ2n) is 4.02. The van der Waals surface area contributed by atoms with Crippen molar-refractivity contribution in [1.29, 1.82) is 0 Å². The third-order valence-electron chi connectivity index (χ3n) is 1.85. The van der Waals surface area contributed by atoms with Gasteiger partial charge in [-0.05, 0) is 13.0 Å². The number of nitrogens with two attached hydrogens (primary N) is 1. The van der Waals surface area contributed by atoms with Crippen LogP contribution in [0.3, 0.4) is 0 Å². The molecule has 1 amide bonds. The molecular formula is C9H21N3O. The van der Waals surface area contributed by atoms with Crippen molar-refractivity contribution >= 4 is 5.91 Å². The fourth-order valence-electron chi connectivity index (χ4n) is 1.39. The smallest absolute Gasteiger partial charge is 0.237 e. The van der Waals surface area contributed by atoms with Crippen LogP contribution in [0.15, 0.2) is 0 Å². The zero-order valence-electron chi connectivity index (χ0n) is 9.00. The van der Waals surface area contributed by atoms with E-state index >= 15 is 0 Å². The van der Waals surface area contributed by atoms with Crippen molar-refractivity contribution in [2.75, 3.05) is 20.1 Å². The van der Waals surface area contributed by atoms with E-state index in [9.17, 15) is 4.79 Å². The molecule has 0 aliphatic heterocycles. The lowest BCUT2D eigenvalue weighted by Crippen LogP contribution is -2.40. The normalized spacial score (nSPS) is 13.5. The largest absolute Gasteiger partial charge is 0.305 e. The predicted molar refractivity (Wildman–Crippen MR) is 53.8 cm³/mol. The average molecular weight is 187 g/mol. The summed E-state index contributed by atoms with van der Waals surface area (Å²) in [5.74, 6) is 5.51. The Kier molecular flexibility index (Phi) is 5.66. The van der Waals surface area contributed by atoms with Crippen LogP contribution in [0.25, 0.3) is 0 Å². The summed E-state index contributed by atoms with van der Waals surface area (Å²) in [4.78, 5) is 13.2. The van der Waals surface area contributed by atoms with E-state index in [0.29, 0.717) is 5.92 Å². The van der Waals surface area contributed by atoms with Gasteiger partial charge in [-0.3, -0.25) is 10.2 Å². The van der Waals surface area contributed by atoms with Gasteiger partial charge in [0.05, 0.1) is 0 Å². The van der Waals surface area contributed by atoms with Crippen molar-refractivity contribution in [3.05, 3.63) is 0 Å². The number of hydrogen-bond donors (Lipinski definition) is 2. The van der Waals surface area contributed by atoms with Crippen LogP contribution in [0, 0.1) is 11.8 Å². The Morgan fingerprint density at radius 2 is 1.92 bits per heavy atom. The van der Waals surface area contributed by atoms with E-state index in [0.717, 1.165) is 13.1 Å². The number of hydrazine groups is 1. The second kappa shape index (κ2) is 5.94. The summed E-state index contributed by atoms with van der Waals surface area (Å²) in [5, 5.41) is 0. The third kappa shape index (κ3) is 5.60. The van der Waals surface area contributed by atoms with Crippen LogP contribution in [0.4, 0.5) is 0 Å². The van der Waals surface area contributed by atoms with E-state index in [4.69, 9.17) is 5.84 Å². The number of carbonyl (C=O) groups is 1. The molecular weight excluding hydrogens is 166 g/mol. The Labute approximate surface area is 80.4 Å². The molecule has 0 radical (unpaired) electrons. The Morgan fingerprint density at radius 3 is 2.31 bits per heavy atom. The van der Waals surface area contributed by atoms with Crippen LogP contribution in [0.5, 0.6) is 0 Å². The molecule has 13 heavy (non-hydrogen) atoms. The molecule has 0 saturated heterocycles. The highest BCUT2D eigenvalue weighted by Crippen LogP contribution is 2.01. The first kappa shape index (κ1) is 12.4. The summed E-state index contributed by atoms with van der Waals surface area (Å²) in [5.41, 5.74) is 2.16. The van der Waals surface area contributed by atoms with E-state index in [2.05, 4.69) is 24.2 Å². The number of rotatable bonds is 5. The molecule has 0 aromatic rings. The van der Waals surface area contributed by atoms with Crippen molar-refractivity contribution in [2.45, 2.75) is 20.8 Å². The van der Waals surface area contributed by atoms with Gasteiger partial charge in [-0.15, -0.1) is 0 Å². The van der Waals surface area contributed by atoms with Crippen LogP contribution < -0.4 is 11.3 Å². The van der Waals surface area contributed by atoms with Crippen molar-refractivity contribution in [2.24, 2.45) is 17.7 Å². The fourth-order valence-corrected chi connectivity index (χ4v) is 1.39. The summed E-state index contributed by atoms with van der Waals surface area (Å²) >= 11 is 0. The third-order valence-corrected chi connectivity index (χ3v) is 1.85. The fraction of sp³-hybridized carbons (Fsp3) is 0.889. The van der Waals surface area contributed by atoms with E-state index in [1.165, 1.54) is 0 Å². The number of carbonyl (C=O) groups excluding carboxylic acids is 1. The molecule has 0 fully saturated rings. The maximum Gasteiger partial charge on any atom is 0.237 e. The summed E-state index contributed by atoms with van der Waals surface area (Å²) in [6, 6.07) is 0. The zero-order chi connectivity index (χ0) is 10.4. The minimum Gasteiger partial charge on any atom is -0.305 e. The highest BCUT2D eigenvalue weighted by atomic mass is 16.2. The lowest BCUT2D eigenvalue weighted by molar-refractivity contribution is -0.125. The van der Waals surface area contributed by atoms with Gasteiger partial charge in [-0.1, -0.05) is 20.8 Å². The average Bonchev–Trinajstić information content (AvgIpc) is 2.01. The van der Waals surface area contributed by atoms with E-state index in [1.807, 2.05) is 14.0 Å². The van der Waals surface area contributed by atoms with E-state index in [1.54, 1.807) is 0 Å². The molecule has 1 atom stereocenters. The maximum atomic E-state index is 11.1. The first-order chi connectivity index (χ1) is 5.97. The Morgan fingerprint density at radius 1 is 1.38 bits per heavy atom. The van der Waals surface area contributed by atoms with Crippen LogP contribution in [0.1, 0.15) is 20.8 Å². The van der Waals surface area contributed by atoms with Gasteiger partial charge in [0.15, 0.2) is 0 Å². The van der Waals surface area contributed by atoms with Gasteiger partial charge < -0.3 is 4.90 Å². The first-order valence-corrected chi connectivity index (χ1v) is 4.66. The summed E-state index contributed by atoms with van der Waals surface area (Å²) in [6.45, 7) is 7.94. The minimum absolute atomic E-state index is 0.0475. The second-order valence-corrected chi connectivity index (χ2v) is 4.02. The van der Waals surface area contributed by atoms with Crippen molar-refractivity contribution in [3.8, 4) is 0 Å². The van der Waals surface area contributed by atoms with Gasteiger partial charge >= 0.3 is 0 Å². The Balaban J connectivity index is 3.77. The molecule has 0 aliphatic rings. The van der Waals surface area contributed by atoms with E-state index < -0.39 is 0 Å². The topological polar surface area (TPSA) is 58.4 Å². The monoisotopic (exact) mass is 187 g/mol. The molecule has 0 aliphatic carbocycles. The number of nitrogens with zero attached hydrogens (tertiary/aromatic N) is 1. The number of amides is 1. The molecule has 3 N–H and O–H groups in total. The molecule has 0 heterocycles. The van der Waals surface area contributed by atoms with E-state index in [-0.39, 0.29) is 11.8 Å². The Hall–Kier alpha value is -0.610. The summed E-state index contributed by atoms with van der Waals surface area (Å²) in [6.07, 6.45) is 0. The highest BCUT2D eigenvalue weighted by molar-refractivity contribution is 5.77. The van der Waals surface area contributed by atoms with Crippen molar-refractivity contribution in [3.63, 3.8) is 0 Å². The zero-order valence-corrected chi connectivity index (χ0v) is 9.00. The van der Waals surface area contributed by atoms with Gasteiger partial charge in [0.2, 0.25) is 5.91 Å². The van der Waals surface area contributed by atoms with Crippen LogP contribution in [-0.2, 0) is 4.79 Å². The van der Waals surface area contributed by atoms with Gasteiger partial charge in [0.1, 0.15) is 0 Å². The van der Waals surface area contributed by atoms with Gasteiger partial charge in [0, 0.05) is 19.0 Å². The SMILES string of the molecule is CC(C)CN(C)CC(C)C(=O)NN. The number of nitrogens with one attached hydrogen (secondary N) is 1. The first-order valence-electron chi connectivity index (χ1n) is 4.66. The van der Waals surface area contributed by atoms with Crippen molar-refractivity contribution < 1.29 is 4.79 Å². The molecule has 0 aromatic heterocycles. The standard InChI is InChI=1S/C9H21N3O/c1-7(2)5-12(4)6-8(3)9(13)11-10/h7-8H,5-6,10H2,1-4H3,(H,11,13). The molecule has 0 saturated carbocycles. The predicted octanol–water partition coefficient (Wildman–Crippen LogP) is 0.200. The van der Waals surface area contributed by atoms with Gasteiger partial charge in [-0.25, -0.2) is 5.84 Å². The lowest BCUT2D eigenvalue weighted by atomic mass is 10.1. The van der Waals surface area contributed by atoms with Gasteiger partial charge in [0.25, 0.3) is 0 Å². The van der Waals surface area contributed by atoms with Gasteiger partial charge in [-0.2, -0.15) is 0 Å². The molecule has 0 bridgehead atoms. The summed E-state index contributed by atoms with van der Waals surface area (Å²) in [7, 11) is 2.01. The molecule has 0 rings (SSSR count). The molecule has 0 spiro atoms. The lowest BCUT2D eigenvalue weighted by Gasteiger charge is -2.21. The van der Waals surface area contributed by atoms with Crippen molar-refractivity contribution in [1.82, 2.24) is 10.3 Å². The molecule has 4 heteroatoms. The maximum absolute atomic E-state index is 11.1. The quantitative estimate of drug-likeness (QED) is 0.367. The van der Waals surface area contributed by atoms with Crippen LogP contribution in [-0.4, -0.2) is 30.9 Å². The summed E-state index contributed by atoms with van der Waals surface area (Å²) < 4.78 is 0. The minimum atomic E-state index is -0.101. The van der Waals surface area contributed by atoms with Crippen LogP contribution >= 0.6 is 0 Å². The highest BCUT2D eigenvalue weighted by Gasteiger charge is 2.13. The molecule has 78 valence electrons.